The Kier molecular flexibility index (Phi) is 4.29. The van der Waals surface area contributed by atoms with Crippen LogP contribution in [0.2, 0.25) is 0 Å². The highest BCUT2D eigenvalue weighted by Crippen LogP contribution is 2.10. The van der Waals surface area contributed by atoms with Gasteiger partial charge < -0.3 is 16.2 Å². The van der Waals surface area contributed by atoms with Crippen LogP contribution in [0.5, 0.6) is 0 Å². The zero-order valence-electron chi connectivity index (χ0n) is 10.7. The van der Waals surface area contributed by atoms with Crippen molar-refractivity contribution in [2.75, 3.05) is 0 Å². The van der Waals surface area contributed by atoms with Crippen molar-refractivity contribution in [1.82, 2.24) is 10.3 Å². The molecule has 0 unspecified atom stereocenters. The lowest BCUT2D eigenvalue weighted by Gasteiger charge is -2.03. The summed E-state index contributed by atoms with van der Waals surface area (Å²) in [4.78, 5) is 37.3. The Morgan fingerprint density at radius 1 is 1.19 bits per heavy atom. The lowest BCUT2D eigenvalue weighted by Crippen LogP contribution is -2.23. The number of aromatic nitrogens is 1. The van der Waals surface area contributed by atoms with Gasteiger partial charge in [0.05, 0.1) is 6.54 Å². The SMILES string of the molecule is NC(=O)c1ccc(C(=O)NCc2nc(C(=O)O)cs2)cc1. The Morgan fingerprint density at radius 2 is 1.81 bits per heavy atom. The Bertz CT molecular complexity index is 694. The van der Waals surface area contributed by atoms with E-state index in [9.17, 15) is 14.4 Å². The molecule has 0 aliphatic heterocycles. The fourth-order valence-corrected chi connectivity index (χ4v) is 2.24. The molecule has 8 heteroatoms. The van der Waals surface area contributed by atoms with E-state index in [-0.39, 0.29) is 18.1 Å². The highest BCUT2D eigenvalue weighted by molar-refractivity contribution is 7.09. The fraction of sp³-hybridized carbons (Fsp3) is 0.0769. The van der Waals surface area contributed by atoms with Gasteiger partial charge in [-0.1, -0.05) is 0 Å². The van der Waals surface area contributed by atoms with Gasteiger partial charge in [-0.05, 0) is 24.3 Å². The molecule has 0 aliphatic carbocycles. The van der Waals surface area contributed by atoms with Gasteiger partial charge in [0, 0.05) is 16.5 Å². The second-order valence-corrected chi connectivity index (χ2v) is 5.00. The molecule has 1 aromatic carbocycles. The third-order valence-corrected chi connectivity index (χ3v) is 3.45. The maximum absolute atomic E-state index is 11.9. The molecule has 0 bridgehead atoms. The van der Waals surface area contributed by atoms with Crippen LogP contribution in [0.4, 0.5) is 0 Å². The molecule has 21 heavy (non-hydrogen) atoms. The van der Waals surface area contributed by atoms with Crippen LogP contribution in [0.1, 0.15) is 36.2 Å². The predicted molar refractivity (Wildman–Crippen MR) is 75.2 cm³/mol. The number of carbonyl (C=O) groups excluding carboxylic acids is 2. The standard InChI is InChI=1S/C13H11N3O4S/c14-11(17)7-1-3-8(4-2-7)12(18)15-5-10-16-9(6-21-10)13(19)20/h1-4,6H,5H2,(H2,14,17)(H,15,18)(H,19,20). The topological polar surface area (TPSA) is 122 Å². The first-order valence-corrected chi connectivity index (χ1v) is 6.71. The lowest BCUT2D eigenvalue weighted by atomic mass is 10.1. The van der Waals surface area contributed by atoms with E-state index in [2.05, 4.69) is 10.3 Å². The smallest absolute Gasteiger partial charge is 0.355 e. The van der Waals surface area contributed by atoms with Gasteiger partial charge in [-0.15, -0.1) is 11.3 Å². The van der Waals surface area contributed by atoms with Crippen LogP contribution < -0.4 is 11.1 Å². The van der Waals surface area contributed by atoms with Crippen LogP contribution >= 0.6 is 11.3 Å². The number of nitrogens with two attached hydrogens (primary N) is 1. The molecule has 1 aromatic heterocycles. The number of nitrogens with one attached hydrogen (secondary N) is 1. The Hall–Kier alpha value is -2.74. The summed E-state index contributed by atoms with van der Waals surface area (Å²) in [5.41, 5.74) is 5.75. The first-order valence-electron chi connectivity index (χ1n) is 5.83. The fourth-order valence-electron chi connectivity index (χ4n) is 1.53. The minimum absolute atomic E-state index is 0.0462. The average molecular weight is 305 g/mol. The molecular formula is C13H11N3O4S. The van der Waals surface area contributed by atoms with Crippen LogP contribution in [0.3, 0.4) is 0 Å². The van der Waals surface area contributed by atoms with Crippen molar-refractivity contribution >= 4 is 29.1 Å². The number of carboxylic acid groups (broad SMARTS) is 1. The highest BCUT2D eigenvalue weighted by Gasteiger charge is 2.11. The van der Waals surface area contributed by atoms with Gasteiger partial charge in [0.1, 0.15) is 5.01 Å². The lowest BCUT2D eigenvalue weighted by molar-refractivity contribution is 0.0690. The number of hydrogen-bond donors (Lipinski definition) is 3. The minimum Gasteiger partial charge on any atom is -0.476 e. The molecule has 1 heterocycles. The molecular weight excluding hydrogens is 294 g/mol. The van der Waals surface area contributed by atoms with E-state index in [1.807, 2.05) is 0 Å². The summed E-state index contributed by atoms with van der Waals surface area (Å²) in [6.45, 7) is 0.133. The summed E-state index contributed by atoms with van der Waals surface area (Å²) in [5, 5.41) is 13.3. The van der Waals surface area contributed by atoms with Crippen LogP contribution in [0.15, 0.2) is 29.6 Å². The Morgan fingerprint density at radius 3 is 2.33 bits per heavy atom. The van der Waals surface area contributed by atoms with Crippen LogP contribution in [0.25, 0.3) is 0 Å². The van der Waals surface area contributed by atoms with Crippen molar-refractivity contribution in [1.29, 1.82) is 0 Å². The Labute approximate surface area is 123 Å². The number of benzene rings is 1. The summed E-state index contributed by atoms with van der Waals surface area (Å²) in [5.74, 6) is -2.02. The Balaban J connectivity index is 1.97. The zero-order valence-corrected chi connectivity index (χ0v) is 11.5. The summed E-state index contributed by atoms with van der Waals surface area (Å²) in [6.07, 6.45) is 0. The molecule has 108 valence electrons. The van der Waals surface area contributed by atoms with Crippen molar-refractivity contribution in [2.45, 2.75) is 6.54 Å². The maximum Gasteiger partial charge on any atom is 0.355 e. The number of nitrogens with zero attached hydrogens (tertiary/aromatic N) is 1. The van der Waals surface area contributed by atoms with Gasteiger partial charge in [0.15, 0.2) is 5.69 Å². The second-order valence-electron chi connectivity index (χ2n) is 4.06. The predicted octanol–water partition coefficient (Wildman–Crippen LogP) is 0.870. The normalized spacial score (nSPS) is 10.1. The zero-order chi connectivity index (χ0) is 15.4. The second kappa shape index (κ2) is 6.14. The van der Waals surface area contributed by atoms with Gasteiger partial charge in [0.25, 0.3) is 5.91 Å². The van der Waals surface area contributed by atoms with Crippen LogP contribution in [-0.4, -0.2) is 27.9 Å². The number of amides is 2. The molecule has 7 nitrogen and oxygen atoms in total. The van der Waals surface area contributed by atoms with Crippen molar-refractivity contribution in [3.63, 3.8) is 0 Å². The molecule has 0 atom stereocenters. The first kappa shape index (κ1) is 14.7. The van der Waals surface area contributed by atoms with Gasteiger partial charge in [-0.3, -0.25) is 9.59 Å². The van der Waals surface area contributed by atoms with Crippen molar-refractivity contribution in [3.8, 4) is 0 Å². The van der Waals surface area contributed by atoms with E-state index in [0.717, 1.165) is 11.3 Å². The van der Waals surface area contributed by atoms with Crippen molar-refractivity contribution < 1.29 is 19.5 Å². The molecule has 0 spiro atoms. The van der Waals surface area contributed by atoms with E-state index in [0.29, 0.717) is 16.1 Å². The number of aromatic carboxylic acids is 1. The van der Waals surface area contributed by atoms with E-state index >= 15 is 0 Å². The molecule has 2 aromatic rings. The quantitative estimate of drug-likeness (QED) is 0.756. The highest BCUT2D eigenvalue weighted by atomic mass is 32.1. The summed E-state index contributed by atoms with van der Waals surface area (Å²) in [6, 6.07) is 5.90. The molecule has 0 fully saturated rings. The minimum atomic E-state index is -1.11. The number of primary amides is 1. The number of carbonyl (C=O) groups is 3. The monoisotopic (exact) mass is 305 g/mol. The number of carboxylic acids is 1. The third-order valence-electron chi connectivity index (χ3n) is 2.60. The third kappa shape index (κ3) is 3.63. The molecule has 0 saturated carbocycles. The van der Waals surface area contributed by atoms with Crippen molar-refractivity contribution in [3.05, 3.63) is 51.5 Å². The maximum atomic E-state index is 11.9. The van der Waals surface area contributed by atoms with Crippen molar-refractivity contribution in [2.24, 2.45) is 5.73 Å². The number of hydrogen-bond acceptors (Lipinski definition) is 5. The number of rotatable bonds is 5. The molecule has 0 aliphatic rings. The van der Waals surface area contributed by atoms with Gasteiger partial charge in [-0.2, -0.15) is 0 Å². The molecule has 0 radical (unpaired) electrons. The van der Waals surface area contributed by atoms with E-state index in [4.69, 9.17) is 10.8 Å². The van der Waals surface area contributed by atoms with Gasteiger partial charge in [-0.25, -0.2) is 9.78 Å². The largest absolute Gasteiger partial charge is 0.476 e. The number of thiazole rings is 1. The van der Waals surface area contributed by atoms with Crippen LogP contribution in [0, 0.1) is 0 Å². The molecule has 4 N–H and O–H groups in total. The summed E-state index contributed by atoms with van der Waals surface area (Å²) < 4.78 is 0. The van der Waals surface area contributed by atoms with E-state index < -0.39 is 11.9 Å². The summed E-state index contributed by atoms with van der Waals surface area (Å²) >= 11 is 1.15. The van der Waals surface area contributed by atoms with E-state index in [1.165, 1.54) is 29.6 Å². The van der Waals surface area contributed by atoms with Gasteiger partial charge in [0.2, 0.25) is 5.91 Å². The first-order chi connectivity index (χ1) is 9.97. The summed E-state index contributed by atoms with van der Waals surface area (Å²) in [7, 11) is 0. The molecule has 0 saturated heterocycles. The van der Waals surface area contributed by atoms with Crippen LogP contribution in [-0.2, 0) is 6.54 Å². The molecule has 2 amide bonds. The average Bonchev–Trinajstić information content (AvgIpc) is 2.94. The van der Waals surface area contributed by atoms with E-state index in [1.54, 1.807) is 0 Å². The van der Waals surface area contributed by atoms with Gasteiger partial charge >= 0.3 is 5.97 Å². The molecule has 2 rings (SSSR count).